The lowest BCUT2D eigenvalue weighted by molar-refractivity contribution is 0.567. The lowest BCUT2D eigenvalue weighted by Crippen LogP contribution is -2.18. The summed E-state index contributed by atoms with van der Waals surface area (Å²) in [5, 5.41) is 3.39. The number of nitrogens with zero attached hydrogens (tertiary/aromatic N) is 1. The van der Waals surface area contributed by atoms with Crippen molar-refractivity contribution in [1.82, 2.24) is 10.3 Å². The molecule has 0 saturated heterocycles. The van der Waals surface area contributed by atoms with Gasteiger partial charge in [0.15, 0.2) is 0 Å². The van der Waals surface area contributed by atoms with E-state index < -0.39 is 0 Å². The van der Waals surface area contributed by atoms with Crippen LogP contribution in [0.3, 0.4) is 0 Å². The lowest BCUT2D eigenvalue weighted by atomic mass is 10.1. The first-order valence-corrected chi connectivity index (χ1v) is 6.05. The number of hydrogen-bond donors (Lipinski definition) is 1. The molecule has 0 aliphatic rings. The minimum absolute atomic E-state index is 0.186. The Bertz CT molecular complexity index is 511. The van der Waals surface area contributed by atoms with E-state index >= 15 is 0 Å². The maximum Gasteiger partial charge on any atom is 0.123 e. The first-order chi connectivity index (χ1) is 8.66. The SMILES string of the molecule is Cc1ccc(F)cc1CN[C@H](C)c1ccncc1. The number of benzene rings is 1. The van der Waals surface area contributed by atoms with Gasteiger partial charge in [0.25, 0.3) is 0 Å². The smallest absolute Gasteiger partial charge is 0.123 e. The Morgan fingerprint density at radius 1 is 1.22 bits per heavy atom. The van der Waals surface area contributed by atoms with E-state index in [1.165, 1.54) is 11.6 Å². The number of halogens is 1. The van der Waals surface area contributed by atoms with Gasteiger partial charge in [-0.15, -0.1) is 0 Å². The van der Waals surface area contributed by atoms with Crippen molar-refractivity contribution in [3.8, 4) is 0 Å². The highest BCUT2D eigenvalue weighted by Crippen LogP contribution is 2.14. The first kappa shape index (κ1) is 12.7. The van der Waals surface area contributed by atoms with Crippen LogP contribution in [-0.4, -0.2) is 4.98 Å². The molecular weight excluding hydrogens is 227 g/mol. The van der Waals surface area contributed by atoms with Crippen LogP contribution < -0.4 is 5.32 Å². The Hall–Kier alpha value is -1.74. The maximum atomic E-state index is 13.2. The summed E-state index contributed by atoms with van der Waals surface area (Å²) in [4.78, 5) is 3.99. The molecule has 0 spiro atoms. The Morgan fingerprint density at radius 3 is 2.67 bits per heavy atom. The monoisotopic (exact) mass is 244 g/mol. The molecule has 0 radical (unpaired) electrons. The van der Waals surface area contributed by atoms with Gasteiger partial charge in [0.1, 0.15) is 5.82 Å². The largest absolute Gasteiger partial charge is 0.306 e. The highest BCUT2D eigenvalue weighted by Gasteiger charge is 2.06. The van der Waals surface area contributed by atoms with Crippen LogP contribution in [0, 0.1) is 12.7 Å². The van der Waals surface area contributed by atoms with Gasteiger partial charge in [0.05, 0.1) is 0 Å². The minimum Gasteiger partial charge on any atom is -0.306 e. The van der Waals surface area contributed by atoms with Crippen LogP contribution in [0.2, 0.25) is 0 Å². The first-order valence-electron chi connectivity index (χ1n) is 6.05. The molecule has 0 amide bonds. The number of aryl methyl sites for hydroxylation is 1. The zero-order valence-electron chi connectivity index (χ0n) is 10.7. The summed E-state index contributed by atoms with van der Waals surface area (Å²) < 4.78 is 13.2. The van der Waals surface area contributed by atoms with Gasteiger partial charge in [-0.2, -0.15) is 0 Å². The van der Waals surface area contributed by atoms with Crippen LogP contribution in [0.25, 0.3) is 0 Å². The van der Waals surface area contributed by atoms with Crippen LogP contribution in [-0.2, 0) is 6.54 Å². The highest BCUT2D eigenvalue weighted by atomic mass is 19.1. The van der Waals surface area contributed by atoms with Gasteiger partial charge in [-0.05, 0) is 54.8 Å². The molecule has 2 rings (SSSR count). The molecule has 1 aromatic heterocycles. The van der Waals surface area contributed by atoms with Crippen molar-refractivity contribution < 1.29 is 4.39 Å². The molecular formula is C15H17FN2. The fourth-order valence-corrected chi connectivity index (χ4v) is 1.86. The summed E-state index contributed by atoms with van der Waals surface area (Å²) >= 11 is 0. The standard InChI is InChI=1S/C15H17FN2/c1-11-3-4-15(16)9-14(11)10-18-12(2)13-5-7-17-8-6-13/h3-9,12,18H,10H2,1-2H3/t12-/m1/s1. The molecule has 0 fully saturated rings. The second-order valence-corrected chi connectivity index (χ2v) is 4.45. The third kappa shape index (κ3) is 3.14. The van der Waals surface area contributed by atoms with Gasteiger partial charge in [-0.3, -0.25) is 4.98 Å². The number of rotatable bonds is 4. The second kappa shape index (κ2) is 5.74. The van der Waals surface area contributed by atoms with Gasteiger partial charge in [-0.25, -0.2) is 4.39 Å². The summed E-state index contributed by atoms with van der Waals surface area (Å²) in [6, 6.07) is 9.07. The zero-order valence-corrected chi connectivity index (χ0v) is 10.7. The molecule has 0 unspecified atom stereocenters. The van der Waals surface area contributed by atoms with Crippen molar-refractivity contribution in [1.29, 1.82) is 0 Å². The Labute approximate surface area is 107 Å². The van der Waals surface area contributed by atoms with Crippen molar-refractivity contribution in [2.45, 2.75) is 26.4 Å². The number of hydrogen-bond acceptors (Lipinski definition) is 2. The fourth-order valence-electron chi connectivity index (χ4n) is 1.86. The highest BCUT2D eigenvalue weighted by molar-refractivity contribution is 5.26. The van der Waals surface area contributed by atoms with E-state index in [-0.39, 0.29) is 11.9 Å². The molecule has 18 heavy (non-hydrogen) atoms. The minimum atomic E-state index is -0.186. The molecule has 1 heterocycles. The predicted molar refractivity (Wildman–Crippen MR) is 70.6 cm³/mol. The van der Waals surface area contributed by atoms with E-state index in [4.69, 9.17) is 0 Å². The van der Waals surface area contributed by atoms with E-state index in [2.05, 4.69) is 17.2 Å². The van der Waals surface area contributed by atoms with E-state index in [9.17, 15) is 4.39 Å². The van der Waals surface area contributed by atoms with Crippen molar-refractivity contribution in [2.24, 2.45) is 0 Å². The van der Waals surface area contributed by atoms with Crippen LogP contribution in [0.15, 0.2) is 42.7 Å². The lowest BCUT2D eigenvalue weighted by Gasteiger charge is -2.15. The van der Waals surface area contributed by atoms with Gasteiger partial charge >= 0.3 is 0 Å². The van der Waals surface area contributed by atoms with Gasteiger partial charge in [-0.1, -0.05) is 6.07 Å². The zero-order chi connectivity index (χ0) is 13.0. The number of pyridine rings is 1. The van der Waals surface area contributed by atoms with E-state index in [0.717, 1.165) is 11.1 Å². The summed E-state index contributed by atoms with van der Waals surface area (Å²) in [5.74, 6) is -0.186. The third-order valence-corrected chi connectivity index (χ3v) is 3.12. The predicted octanol–water partition coefficient (Wildman–Crippen LogP) is 3.38. The summed E-state index contributed by atoms with van der Waals surface area (Å²) in [5.41, 5.74) is 3.28. The average Bonchev–Trinajstić information content (AvgIpc) is 2.40. The average molecular weight is 244 g/mol. The molecule has 94 valence electrons. The maximum absolute atomic E-state index is 13.2. The molecule has 2 nitrogen and oxygen atoms in total. The quantitative estimate of drug-likeness (QED) is 0.891. The summed E-state index contributed by atoms with van der Waals surface area (Å²) in [6.07, 6.45) is 3.56. The van der Waals surface area contributed by atoms with Crippen molar-refractivity contribution in [3.05, 3.63) is 65.2 Å². The molecule has 1 atom stereocenters. The molecule has 1 aromatic carbocycles. The summed E-state index contributed by atoms with van der Waals surface area (Å²) in [6.45, 7) is 4.74. The van der Waals surface area contributed by atoms with E-state index in [0.29, 0.717) is 6.54 Å². The molecule has 2 aromatic rings. The number of nitrogens with one attached hydrogen (secondary N) is 1. The van der Waals surface area contributed by atoms with Crippen LogP contribution in [0.5, 0.6) is 0 Å². The Kier molecular flexibility index (Phi) is 4.05. The molecule has 1 N–H and O–H groups in total. The third-order valence-electron chi connectivity index (χ3n) is 3.12. The van der Waals surface area contributed by atoms with Gasteiger partial charge in [0, 0.05) is 25.0 Å². The van der Waals surface area contributed by atoms with Gasteiger partial charge in [0.2, 0.25) is 0 Å². The molecule has 0 saturated carbocycles. The molecule has 3 heteroatoms. The molecule has 0 aliphatic carbocycles. The second-order valence-electron chi connectivity index (χ2n) is 4.45. The van der Waals surface area contributed by atoms with Crippen molar-refractivity contribution in [3.63, 3.8) is 0 Å². The topological polar surface area (TPSA) is 24.9 Å². The van der Waals surface area contributed by atoms with E-state index in [1.807, 2.05) is 25.1 Å². The van der Waals surface area contributed by atoms with Crippen LogP contribution >= 0.6 is 0 Å². The molecule has 0 bridgehead atoms. The fraction of sp³-hybridized carbons (Fsp3) is 0.267. The van der Waals surface area contributed by atoms with Crippen LogP contribution in [0.1, 0.15) is 29.7 Å². The molecule has 0 aliphatic heterocycles. The summed E-state index contributed by atoms with van der Waals surface area (Å²) in [7, 11) is 0. The normalized spacial score (nSPS) is 12.4. The van der Waals surface area contributed by atoms with Crippen molar-refractivity contribution >= 4 is 0 Å². The van der Waals surface area contributed by atoms with Crippen molar-refractivity contribution in [2.75, 3.05) is 0 Å². The Morgan fingerprint density at radius 2 is 1.94 bits per heavy atom. The Balaban J connectivity index is 2.01. The number of aromatic nitrogens is 1. The van der Waals surface area contributed by atoms with E-state index in [1.54, 1.807) is 18.5 Å². The van der Waals surface area contributed by atoms with Crippen LogP contribution in [0.4, 0.5) is 4.39 Å². The van der Waals surface area contributed by atoms with Gasteiger partial charge < -0.3 is 5.32 Å².